The Hall–Kier alpha value is -1.17. The van der Waals surface area contributed by atoms with E-state index in [0.717, 1.165) is 17.5 Å². The largest absolute Gasteiger partial charge is 0.478 e. The summed E-state index contributed by atoms with van der Waals surface area (Å²) in [6.45, 7) is 0. The zero-order valence-electron chi connectivity index (χ0n) is 5.23. The lowest BCUT2D eigenvalue weighted by Gasteiger charge is -2.00. The van der Waals surface area contributed by atoms with E-state index in [2.05, 4.69) is 0 Å². The maximum atomic E-state index is 12.5. The molecule has 1 heterocycles. The first-order valence-electron chi connectivity index (χ1n) is 2.65. The minimum atomic E-state index is -2.27. The lowest BCUT2D eigenvalue weighted by molar-refractivity contribution is -0.146. The molecular formula is C5H4FNO3S. The summed E-state index contributed by atoms with van der Waals surface area (Å²) in [5.41, 5.74) is 0. The molecule has 1 unspecified atom stereocenters. The van der Waals surface area contributed by atoms with E-state index in [0.29, 0.717) is 4.57 Å². The second kappa shape index (κ2) is 2.83. The van der Waals surface area contributed by atoms with Crippen LogP contribution >= 0.6 is 11.3 Å². The highest BCUT2D eigenvalue weighted by Gasteiger charge is 2.18. The van der Waals surface area contributed by atoms with E-state index in [1.165, 1.54) is 5.38 Å². The molecule has 1 aromatic rings. The molecule has 0 aromatic carbocycles. The van der Waals surface area contributed by atoms with E-state index < -0.39 is 17.1 Å². The van der Waals surface area contributed by atoms with Crippen molar-refractivity contribution in [2.24, 2.45) is 0 Å². The summed E-state index contributed by atoms with van der Waals surface area (Å²) in [5.74, 6) is -1.66. The third-order valence-corrected chi connectivity index (χ3v) is 1.72. The maximum Gasteiger partial charge on any atom is 0.360 e. The molecule has 0 saturated carbocycles. The Morgan fingerprint density at radius 1 is 1.82 bits per heavy atom. The summed E-state index contributed by atoms with van der Waals surface area (Å²) < 4.78 is 13.0. The van der Waals surface area contributed by atoms with Crippen LogP contribution < -0.4 is 4.87 Å². The van der Waals surface area contributed by atoms with Crippen LogP contribution in [0.5, 0.6) is 0 Å². The van der Waals surface area contributed by atoms with Crippen molar-refractivity contribution in [2.75, 3.05) is 0 Å². The van der Waals surface area contributed by atoms with Crippen LogP contribution in [0.4, 0.5) is 4.39 Å². The van der Waals surface area contributed by atoms with Gasteiger partial charge in [-0.15, -0.1) is 0 Å². The van der Waals surface area contributed by atoms with Gasteiger partial charge in [0.25, 0.3) is 6.30 Å². The SMILES string of the molecule is O=C(O)C(F)n1ccsc1=O. The zero-order valence-corrected chi connectivity index (χ0v) is 6.05. The highest BCUT2D eigenvalue weighted by molar-refractivity contribution is 7.07. The average molecular weight is 177 g/mol. The molecule has 1 atom stereocenters. The van der Waals surface area contributed by atoms with Gasteiger partial charge in [-0.1, -0.05) is 11.3 Å². The number of nitrogens with zero attached hydrogens (tertiary/aromatic N) is 1. The molecule has 1 rings (SSSR count). The number of aliphatic carboxylic acids is 1. The number of carboxylic acid groups (broad SMARTS) is 1. The minimum absolute atomic E-state index is 0.521. The Morgan fingerprint density at radius 3 is 2.82 bits per heavy atom. The van der Waals surface area contributed by atoms with Gasteiger partial charge in [0.1, 0.15) is 0 Å². The Morgan fingerprint density at radius 2 is 2.45 bits per heavy atom. The van der Waals surface area contributed by atoms with Crippen molar-refractivity contribution < 1.29 is 14.3 Å². The van der Waals surface area contributed by atoms with E-state index in [4.69, 9.17) is 5.11 Å². The Balaban J connectivity index is 3.02. The van der Waals surface area contributed by atoms with E-state index in [-0.39, 0.29) is 0 Å². The first-order valence-corrected chi connectivity index (χ1v) is 3.53. The van der Waals surface area contributed by atoms with Crippen molar-refractivity contribution in [2.45, 2.75) is 6.30 Å². The summed E-state index contributed by atoms with van der Waals surface area (Å²) in [6.07, 6.45) is -1.17. The fourth-order valence-corrected chi connectivity index (χ4v) is 1.15. The van der Waals surface area contributed by atoms with Crippen molar-refractivity contribution in [1.29, 1.82) is 0 Å². The number of aromatic nitrogens is 1. The van der Waals surface area contributed by atoms with Crippen molar-refractivity contribution in [3.8, 4) is 0 Å². The molecule has 0 radical (unpaired) electrons. The van der Waals surface area contributed by atoms with Gasteiger partial charge in [0.05, 0.1) is 0 Å². The van der Waals surface area contributed by atoms with Gasteiger partial charge in [-0.25, -0.2) is 9.18 Å². The van der Waals surface area contributed by atoms with Gasteiger partial charge in [0.15, 0.2) is 0 Å². The predicted octanol–water partition coefficient (Wildman–Crippen LogP) is 0.463. The molecule has 0 spiro atoms. The first kappa shape index (κ1) is 7.93. The molecule has 1 N–H and O–H groups in total. The second-order valence-corrected chi connectivity index (χ2v) is 2.61. The molecule has 0 aliphatic heterocycles. The second-order valence-electron chi connectivity index (χ2n) is 1.75. The standard InChI is InChI=1S/C5H4FNO3S/c6-3(4(8)9)7-1-2-11-5(7)10/h1-3H,(H,8,9). The van der Waals surface area contributed by atoms with Crippen LogP contribution in [0, 0.1) is 0 Å². The molecule has 0 amide bonds. The number of rotatable bonds is 2. The van der Waals surface area contributed by atoms with Gasteiger partial charge >= 0.3 is 10.8 Å². The number of hydrogen-bond acceptors (Lipinski definition) is 3. The van der Waals surface area contributed by atoms with E-state index in [1.807, 2.05) is 0 Å². The van der Waals surface area contributed by atoms with Crippen molar-refractivity contribution >= 4 is 17.3 Å². The van der Waals surface area contributed by atoms with Gasteiger partial charge in [-0.2, -0.15) is 0 Å². The van der Waals surface area contributed by atoms with Crippen LogP contribution in [0.2, 0.25) is 0 Å². The summed E-state index contributed by atoms with van der Waals surface area (Å²) in [7, 11) is 0. The Kier molecular flexibility index (Phi) is 2.04. The number of hydrogen-bond donors (Lipinski definition) is 1. The predicted molar refractivity (Wildman–Crippen MR) is 36.4 cm³/mol. The molecule has 11 heavy (non-hydrogen) atoms. The normalized spacial score (nSPS) is 12.8. The van der Waals surface area contributed by atoms with E-state index in [9.17, 15) is 14.0 Å². The molecule has 60 valence electrons. The van der Waals surface area contributed by atoms with Crippen LogP contribution in [0.3, 0.4) is 0 Å². The highest BCUT2D eigenvalue weighted by Crippen LogP contribution is 2.05. The van der Waals surface area contributed by atoms with E-state index >= 15 is 0 Å². The summed E-state index contributed by atoms with van der Waals surface area (Å²) in [4.78, 5) is 20.1. The van der Waals surface area contributed by atoms with E-state index in [1.54, 1.807) is 0 Å². The molecule has 4 nitrogen and oxygen atoms in total. The van der Waals surface area contributed by atoms with Gasteiger partial charge in [0.2, 0.25) is 0 Å². The molecule has 0 saturated heterocycles. The fourth-order valence-electron chi connectivity index (χ4n) is 0.563. The quantitative estimate of drug-likeness (QED) is 0.714. The topological polar surface area (TPSA) is 59.3 Å². The van der Waals surface area contributed by atoms with Gasteiger partial charge < -0.3 is 5.11 Å². The van der Waals surface area contributed by atoms with Crippen molar-refractivity contribution in [3.63, 3.8) is 0 Å². The first-order chi connectivity index (χ1) is 5.13. The molecule has 0 fully saturated rings. The van der Waals surface area contributed by atoms with Crippen LogP contribution in [-0.2, 0) is 4.79 Å². The molecule has 0 aliphatic carbocycles. The third-order valence-electron chi connectivity index (χ3n) is 1.05. The summed E-state index contributed by atoms with van der Waals surface area (Å²) in [6, 6.07) is 0. The summed E-state index contributed by atoms with van der Waals surface area (Å²) in [5, 5.41) is 9.48. The zero-order chi connectivity index (χ0) is 8.43. The number of carbonyl (C=O) groups is 1. The number of alkyl halides is 1. The minimum Gasteiger partial charge on any atom is -0.478 e. The lowest BCUT2D eigenvalue weighted by Crippen LogP contribution is -2.21. The van der Waals surface area contributed by atoms with Gasteiger partial charge in [-0.3, -0.25) is 9.36 Å². The molecule has 0 bridgehead atoms. The van der Waals surface area contributed by atoms with Crippen molar-refractivity contribution in [3.05, 3.63) is 21.2 Å². The van der Waals surface area contributed by atoms with Crippen LogP contribution in [-0.4, -0.2) is 15.6 Å². The molecule has 6 heteroatoms. The van der Waals surface area contributed by atoms with Crippen molar-refractivity contribution in [1.82, 2.24) is 4.57 Å². The van der Waals surface area contributed by atoms with Crippen LogP contribution in [0.1, 0.15) is 6.30 Å². The fraction of sp³-hybridized carbons (Fsp3) is 0.200. The lowest BCUT2D eigenvalue weighted by atomic mass is 10.6. The molecule has 0 aliphatic rings. The molecular weight excluding hydrogens is 173 g/mol. The number of thiazole rings is 1. The Bertz CT molecular complexity index is 318. The number of halogens is 1. The maximum absolute atomic E-state index is 12.5. The number of carboxylic acids is 1. The third kappa shape index (κ3) is 1.45. The molecule has 1 aromatic heterocycles. The smallest absolute Gasteiger partial charge is 0.360 e. The average Bonchev–Trinajstić information content (AvgIpc) is 2.33. The monoisotopic (exact) mass is 177 g/mol. The van der Waals surface area contributed by atoms with Gasteiger partial charge in [0, 0.05) is 11.6 Å². The highest BCUT2D eigenvalue weighted by atomic mass is 32.1. The van der Waals surface area contributed by atoms with Gasteiger partial charge in [-0.05, 0) is 0 Å². The van der Waals surface area contributed by atoms with Crippen LogP contribution in [0.25, 0.3) is 0 Å². The summed E-state index contributed by atoms with van der Waals surface area (Å²) >= 11 is 0.754. The Labute approximate surface area is 64.5 Å². The van der Waals surface area contributed by atoms with Crippen LogP contribution in [0.15, 0.2) is 16.4 Å².